The van der Waals surface area contributed by atoms with E-state index in [2.05, 4.69) is 36.3 Å². The van der Waals surface area contributed by atoms with E-state index in [-0.39, 0.29) is 6.04 Å². The van der Waals surface area contributed by atoms with Gasteiger partial charge in [-0.3, -0.25) is 0 Å². The van der Waals surface area contributed by atoms with Gasteiger partial charge in [-0.1, -0.05) is 44.4 Å². The van der Waals surface area contributed by atoms with Gasteiger partial charge in [0.15, 0.2) is 0 Å². The predicted molar refractivity (Wildman–Crippen MR) is 69.4 cm³/mol. The van der Waals surface area contributed by atoms with E-state index in [1.54, 1.807) is 0 Å². The normalized spacial score (nSPS) is 13.1. The molecule has 16 heavy (non-hydrogen) atoms. The molecule has 0 aliphatic rings. The molecule has 86 valence electrons. The Morgan fingerprint density at radius 2 is 2.06 bits per heavy atom. The van der Waals surface area contributed by atoms with Gasteiger partial charge >= 0.3 is 0 Å². The first-order valence-corrected chi connectivity index (χ1v) is 6.14. The Balaban J connectivity index is 2.13. The van der Waals surface area contributed by atoms with E-state index >= 15 is 0 Å². The monoisotopic (exact) mass is 216 g/mol. The number of H-pyrrole nitrogens is 1. The molecular formula is C14H20N2. The lowest BCUT2D eigenvalue weighted by Gasteiger charge is -2.10. The van der Waals surface area contributed by atoms with E-state index in [1.165, 1.54) is 35.7 Å². The van der Waals surface area contributed by atoms with Gasteiger partial charge < -0.3 is 10.7 Å². The highest BCUT2D eigenvalue weighted by Gasteiger charge is 2.10. The van der Waals surface area contributed by atoms with E-state index in [9.17, 15) is 0 Å². The molecule has 0 fully saturated rings. The Bertz CT molecular complexity index is 445. The summed E-state index contributed by atoms with van der Waals surface area (Å²) in [5.74, 6) is 0. The molecule has 0 saturated carbocycles. The summed E-state index contributed by atoms with van der Waals surface area (Å²) in [5, 5.41) is 1.27. The standard InChI is InChI=1S/C14H20N2/c1-2-3-4-8-13(15)12-10-16-14-9-6-5-7-11(12)14/h5-7,9-10,13,16H,2-4,8,15H2,1H3/t13-/m1/s1. The average Bonchev–Trinajstić information content (AvgIpc) is 2.73. The van der Waals surface area contributed by atoms with Crippen LogP contribution in [-0.4, -0.2) is 4.98 Å². The van der Waals surface area contributed by atoms with Crippen LogP contribution >= 0.6 is 0 Å². The van der Waals surface area contributed by atoms with Crippen molar-refractivity contribution in [3.63, 3.8) is 0 Å². The van der Waals surface area contributed by atoms with Crippen molar-refractivity contribution >= 4 is 10.9 Å². The fraction of sp³-hybridized carbons (Fsp3) is 0.429. The van der Waals surface area contributed by atoms with Gasteiger partial charge in [-0.05, 0) is 18.1 Å². The predicted octanol–water partition coefficient (Wildman–Crippen LogP) is 3.75. The maximum atomic E-state index is 6.23. The number of benzene rings is 1. The fourth-order valence-corrected chi connectivity index (χ4v) is 2.17. The zero-order valence-electron chi connectivity index (χ0n) is 9.87. The first kappa shape index (κ1) is 11.2. The second kappa shape index (κ2) is 5.17. The van der Waals surface area contributed by atoms with Gasteiger partial charge in [0.2, 0.25) is 0 Å². The highest BCUT2D eigenvalue weighted by Crippen LogP contribution is 2.25. The summed E-state index contributed by atoms with van der Waals surface area (Å²) in [6.07, 6.45) is 6.88. The third-order valence-electron chi connectivity index (χ3n) is 3.14. The van der Waals surface area contributed by atoms with Gasteiger partial charge in [0.1, 0.15) is 0 Å². The van der Waals surface area contributed by atoms with Crippen molar-refractivity contribution in [1.82, 2.24) is 4.98 Å². The number of nitrogens with one attached hydrogen (secondary N) is 1. The first-order valence-electron chi connectivity index (χ1n) is 6.14. The lowest BCUT2D eigenvalue weighted by atomic mass is 10.0. The van der Waals surface area contributed by atoms with E-state index in [0.29, 0.717) is 0 Å². The summed E-state index contributed by atoms with van der Waals surface area (Å²) in [6, 6.07) is 8.52. The Labute approximate surface area is 96.9 Å². The molecule has 2 rings (SSSR count). The van der Waals surface area contributed by atoms with Crippen molar-refractivity contribution < 1.29 is 0 Å². The molecular weight excluding hydrogens is 196 g/mol. The number of hydrogen-bond acceptors (Lipinski definition) is 1. The first-order chi connectivity index (χ1) is 7.83. The van der Waals surface area contributed by atoms with Gasteiger partial charge in [-0.25, -0.2) is 0 Å². The Hall–Kier alpha value is -1.28. The minimum absolute atomic E-state index is 0.169. The van der Waals surface area contributed by atoms with E-state index in [0.717, 1.165) is 6.42 Å². The molecule has 1 aromatic heterocycles. The van der Waals surface area contributed by atoms with Crippen LogP contribution in [0.1, 0.15) is 44.2 Å². The third-order valence-corrected chi connectivity index (χ3v) is 3.14. The van der Waals surface area contributed by atoms with E-state index in [4.69, 9.17) is 5.73 Å². The molecule has 1 heterocycles. The number of rotatable bonds is 5. The molecule has 0 radical (unpaired) electrons. The lowest BCUT2D eigenvalue weighted by molar-refractivity contribution is 0.584. The molecule has 1 aromatic carbocycles. The number of fused-ring (bicyclic) bond motifs is 1. The second-order valence-corrected chi connectivity index (χ2v) is 4.39. The third kappa shape index (κ3) is 2.27. The number of nitrogens with two attached hydrogens (primary N) is 1. The largest absolute Gasteiger partial charge is 0.361 e. The number of para-hydroxylation sites is 1. The molecule has 1 atom stereocenters. The van der Waals surface area contributed by atoms with Crippen molar-refractivity contribution in [2.45, 2.75) is 38.6 Å². The lowest BCUT2D eigenvalue weighted by Crippen LogP contribution is -2.09. The Kier molecular flexibility index (Phi) is 3.62. The van der Waals surface area contributed by atoms with Crippen LogP contribution < -0.4 is 5.73 Å². The van der Waals surface area contributed by atoms with Crippen LogP contribution in [0.5, 0.6) is 0 Å². The molecule has 0 spiro atoms. The van der Waals surface area contributed by atoms with Crippen LogP contribution in [0.2, 0.25) is 0 Å². The quantitative estimate of drug-likeness (QED) is 0.734. The van der Waals surface area contributed by atoms with E-state index in [1.807, 2.05) is 6.07 Å². The van der Waals surface area contributed by atoms with Crippen LogP contribution in [0.25, 0.3) is 10.9 Å². The molecule has 2 nitrogen and oxygen atoms in total. The molecule has 0 saturated heterocycles. The number of aromatic amines is 1. The number of unbranched alkanes of at least 4 members (excludes halogenated alkanes) is 2. The molecule has 0 unspecified atom stereocenters. The summed E-state index contributed by atoms with van der Waals surface area (Å²) < 4.78 is 0. The highest BCUT2D eigenvalue weighted by atomic mass is 14.7. The molecule has 2 aromatic rings. The maximum Gasteiger partial charge on any atom is 0.0457 e. The average molecular weight is 216 g/mol. The minimum atomic E-state index is 0.169. The van der Waals surface area contributed by atoms with Crippen LogP contribution in [0.4, 0.5) is 0 Å². The van der Waals surface area contributed by atoms with Gasteiger partial charge in [-0.15, -0.1) is 0 Å². The van der Waals surface area contributed by atoms with Crippen molar-refractivity contribution in [2.24, 2.45) is 5.73 Å². The fourth-order valence-electron chi connectivity index (χ4n) is 2.17. The summed E-state index contributed by atoms with van der Waals surface area (Å²) >= 11 is 0. The molecule has 0 amide bonds. The van der Waals surface area contributed by atoms with Gasteiger partial charge in [0, 0.05) is 23.1 Å². The SMILES string of the molecule is CCCCC[C@@H](N)c1c[nH]c2ccccc12. The minimum Gasteiger partial charge on any atom is -0.361 e. The van der Waals surface area contributed by atoms with Crippen LogP contribution in [0.3, 0.4) is 0 Å². The van der Waals surface area contributed by atoms with Crippen molar-refractivity contribution in [3.8, 4) is 0 Å². The summed E-state index contributed by atoms with van der Waals surface area (Å²) in [7, 11) is 0. The Morgan fingerprint density at radius 1 is 1.25 bits per heavy atom. The topological polar surface area (TPSA) is 41.8 Å². The summed E-state index contributed by atoms with van der Waals surface area (Å²) in [4.78, 5) is 3.28. The van der Waals surface area contributed by atoms with Gasteiger partial charge in [-0.2, -0.15) is 0 Å². The van der Waals surface area contributed by atoms with Crippen molar-refractivity contribution in [3.05, 3.63) is 36.0 Å². The molecule has 0 aliphatic heterocycles. The summed E-state index contributed by atoms with van der Waals surface area (Å²) in [6.45, 7) is 2.22. The second-order valence-electron chi connectivity index (χ2n) is 4.39. The highest BCUT2D eigenvalue weighted by molar-refractivity contribution is 5.83. The zero-order valence-corrected chi connectivity index (χ0v) is 9.87. The van der Waals surface area contributed by atoms with E-state index < -0.39 is 0 Å². The molecule has 0 aliphatic carbocycles. The molecule has 2 heteroatoms. The van der Waals surface area contributed by atoms with Crippen LogP contribution in [0.15, 0.2) is 30.5 Å². The molecule has 3 N–H and O–H groups in total. The Morgan fingerprint density at radius 3 is 2.88 bits per heavy atom. The summed E-state index contributed by atoms with van der Waals surface area (Å²) in [5.41, 5.74) is 8.67. The number of hydrogen-bond donors (Lipinski definition) is 2. The van der Waals surface area contributed by atoms with Gasteiger partial charge in [0.25, 0.3) is 0 Å². The van der Waals surface area contributed by atoms with Crippen molar-refractivity contribution in [2.75, 3.05) is 0 Å². The van der Waals surface area contributed by atoms with Crippen molar-refractivity contribution in [1.29, 1.82) is 0 Å². The van der Waals surface area contributed by atoms with Crippen LogP contribution in [-0.2, 0) is 0 Å². The maximum absolute atomic E-state index is 6.23. The smallest absolute Gasteiger partial charge is 0.0457 e. The number of aromatic nitrogens is 1. The van der Waals surface area contributed by atoms with Crippen LogP contribution in [0, 0.1) is 0 Å². The molecule has 0 bridgehead atoms. The van der Waals surface area contributed by atoms with Gasteiger partial charge in [0.05, 0.1) is 0 Å². The zero-order chi connectivity index (χ0) is 11.4.